The molecule has 0 aliphatic heterocycles. The monoisotopic (exact) mass is 192 g/mol. The van der Waals surface area contributed by atoms with Crippen molar-refractivity contribution in [2.75, 3.05) is 0 Å². The van der Waals surface area contributed by atoms with E-state index in [-0.39, 0.29) is 5.75 Å². The van der Waals surface area contributed by atoms with Crippen LogP contribution >= 0.6 is 11.3 Å². The summed E-state index contributed by atoms with van der Waals surface area (Å²) in [4.78, 5) is 11.7. The minimum atomic E-state index is 0.0558. The summed E-state index contributed by atoms with van der Waals surface area (Å²) in [6, 6.07) is 5.34. The quantitative estimate of drug-likeness (QED) is 0.705. The average molecular weight is 192 g/mol. The van der Waals surface area contributed by atoms with Gasteiger partial charge >= 0.3 is 0 Å². The Morgan fingerprint density at radius 3 is 2.85 bits per heavy atom. The number of aromatic hydroxyl groups is 1. The molecule has 0 aliphatic carbocycles. The highest BCUT2D eigenvalue weighted by Crippen LogP contribution is 2.30. The number of phenolic OH excluding ortho intramolecular Hbond substituents is 1. The molecule has 1 heterocycles. The number of thiophene rings is 1. The van der Waals surface area contributed by atoms with Crippen molar-refractivity contribution in [2.45, 2.75) is 6.92 Å². The van der Waals surface area contributed by atoms with Crippen molar-refractivity contribution in [2.24, 2.45) is 0 Å². The van der Waals surface area contributed by atoms with Crippen molar-refractivity contribution in [1.29, 1.82) is 0 Å². The van der Waals surface area contributed by atoms with E-state index in [0.29, 0.717) is 11.8 Å². The number of benzene rings is 1. The van der Waals surface area contributed by atoms with Crippen LogP contribution in [0.4, 0.5) is 0 Å². The number of aryl methyl sites for hydroxylation is 1. The van der Waals surface area contributed by atoms with Crippen molar-refractivity contribution < 1.29 is 9.90 Å². The highest BCUT2D eigenvalue weighted by molar-refractivity contribution is 7.19. The molecule has 1 N–H and O–H groups in total. The number of rotatable bonds is 1. The molecule has 2 nitrogen and oxygen atoms in total. The lowest BCUT2D eigenvalue weighted by atomic mass is 10.1. The zero-order chi connectivity index (χ0) is 9.42. The summed E-state index contributed by atoms with van der Waals surface area (Å²) < 4.78 is 1.04. The fraction of sp³-hybridized carbons (Fsp3) is 0.100. The molecule has 1 aromatic carbocycles. The lowest BCUT2D eigenvalue weighted by Crippen LogP contribution is -1.79. The molecule has 0 unspecified atom stereocenters. The van der Waals surface area contributed by atoms with Gasteiger partial charge in [-0.25, -0.2) is 0 Å². The molecule has 0 amide bonds. The Kier molecular flexibility index (Phi) is 1.81. The van der Waals surface area contributed by atoms with Crippen LogP contribution < -0.4 is 0 Å². The number of aldehydes is 1. The molecule has 66 valence electrons. The highest BCUT2D eigenvalue weighted by Gasteiger charge is 2.04. The summed E-state index contributed by atoms with van der Waals surface area (Å²) in [6.45, 7) is 2.00. The second kappa shape index (κ2) is 2.85. The van der Waals surface area contributed by atoms with E-state index in [2.05, 4.69) is 0 Å². The van der Waals surface area contributed by atoms with Gasteiger partial charge in [0.25, 0.3) is 0 Å². The smallest absolute Gasteiger partial charge is 0.153 e. The van der Waals surface area contributed by atoms with Gasteiger partial charge in [-0.15, -0.1) is 11.3 Å². The van der Waals surface area contributed by atoms with Gasteiger partial charge in [0.1, 0.15) is 5.75 Å². The van der Waals surface area contributed by atoms with Crippen molar-refractivity contribution in [3.05, 3.63) is 28.6 Å². The normalized spacial score (nSPS) is 10.5. The molecule has 0 bridgehead atoms. The molecule has 2 aromatic rings. The molecular formula is C10H8O2S. The van der Waals surface area contributed by atoms with Crippen LogP contribution in [0.25, 0.3) is 10.1 Å². The molecule has 0 radical (unpaired) electrons. The van der Waals surface area contributed by atoms with Crippen LogP contribution in [0.15, 0.2) is 18.2 Å². The van der Waals surface area contributed by atoms with Crippen LogP contribution in [-0.2, 0) is 0 Å². The van der Waals surface area contributed by atoms with Gasteiger partial charge in [-0.3, -0.25) is 4.79 Å². The predicted molar refractivity (Wildman–Crippen MR) is 53.6 cm³/mol. The Labute approximate surface area is 79.4 Å². The van der Waals surface area contributed by atoms with Crippen molar-refractivity contribution in [1.82, 2.24) is 0 Å². The van der Waals surface area contributed by atoms with Crippen LogP contribution in [0.3, 0.4) is 0 Å². The maximum absolute atomic E-state index is 10.5. The van der Waals surface area contributed by atoms with E-state index in [1.54, 1.807) is 23.5 Å². The number of hydrogen-bond donors (Lipinski definition) is 1. The topological polar surface area (TPSA) is 37.3 Å². The van der Waals surface area contributed by atoms with Crippen LogP contribution in [0.5, 0.6) is 5.75 Å². The third kappa shape index (κ3) is 1.31. The molecule has 0 saturated heterocycles. The van der Waals surface area contributed by atoms with E-state index in [1.165, 1.54) is 4.88 Å². The summed E-state index contributed by atoms with van der Waals surface area (Å²) in [5.41, 5.74) is 0.356. The van der Waals surface area contributed by atoms with Crippen LogP contribution in [-0.4, -0.2) is 11.4 Å². The first-order valence-electron chi connectivity index (χ1n) is 3.89. The van der Waals surface area contributed by atoms with Crippen molar-refractivity contribution in [3.63, 3.8) is 0 Å². The molecule has 0 fully saturated rings. The van der Waals surface area contributed by atoms with Gasteiger partial charge in [0.2, 0.25) is 0 Å². The van der Waals surface area contributed by atoms with Gasteiger partial charge < -0.3 is 5.11 Å². The lowest BCUT2D eigenvalue weighted by Gasteiger charge is -1.95. The third-order valence-electron chi connectivity index (χ3n) is 1.92. The molecule has 0 atom stereocenters. The van der Waals surface area contributed by atoms with E-state index in [9.17, 15) is 9.90 Å². The summed E-state index contributed by atoms with van der Waals surface area (Å²) >= 11 is 1.62. The SMILES string of the molecule is Cc1cc2cc(O)c(C=O)cc2s1. The minimum Gasteiger partial charge on any atom is -0.507 e. The van der Waals surface area contributed by atoms with Crippen molar-refractivity contribution in [3.8, 4) is 5.75 Å². The molecule has 13 heavy (non-hydrogen) atoms. The Morgan fingerprint density at radius 1 is 1.38 bits per heavy atom. The van der Waals surface area contributed by atoms with Gasteiger partial charge in [-0.2, -0.15) is 0 Å². The first-order chi connectivity index (χ1) is 6.20. The Morgan fingerprint density at radius 2 is 2.15 bits per heavy atom. The molecular weight excluding hydrogens is 184 g/mol. The Balaban J connectivity index is 2.79. The van der Waals surface area contributed by atoms with Gasteiger partial charge in [-0.05, 0) is 30.5 Å². The van der Waals surface area contributed by atoms with E-state index < -0.39 is 0 Å². The number of phenols is 1. The van der Waals surface area contributed by atoms with E-state index >= 15 is 0 Å². The van der Waals surface area contributed by atoms with E-state index in [0.717, 1.165) is 10.1 Å². The molecule has 3 heteroatoms. The molecule has 1 aromatic heterocycles. The number of fused-ring (bicyclic) bond motifs is 1. The average Bonchev–Trinajstić information content (AvgIpc) is 2.42. The number of hydrogen-bond acceptors (Lipinski definition) is 3. The van der Waals surface area contributed by atoms with Crippen LogP contribution in [0, 0.1) is 6.92 Å². The summed E-state index contributed by atoms with van der Waals surface area (Å²) in [5, 5.41) is 10.4. The summed E-state index contributed by atoms with van der Waals surface area (Å²) in [5.74, 6) is 0.0558. The zero-order valence-corrected chi connectivity index (χ0v) is 7.89. The van der Waals surface area contributed by atoms with Crippen LogP contribution in [0.2, 0.25) is 0 Å². The molecule has 0 saturated carbocycles. The molecule has 2 rings (SSSR count). The number of carbonyl (C=O) groups is 1. The second-order valence-corrected chi connectivity index (χ2v) is 4.21. The fourth-order valence-corrected chi connectivity index (χ4v) is 2.27. The van der Waals surface area contributed by atoms with Crippen LogP contribution in [0.1, 0.15) is 15.2 Å². The van der Waals surface area contributed by atoms with Gasteiger partial charge in [0.05, 0.1) is 5.56 Å². The first kappa shape index (κ1) is 8.26. The summed E-state index contributed by atoms with van der Waals surface area (Å²) in [7, 11) is 0. The zero-order valence-electron chi connectivity index (χ0n) is 7.07. The number of carbonyl (C=O) groups excluding carboxylic acids is 1. The lowest BCUT2D eigenvalue weighted by molar-refractivity contribution is 0.112. The maximum Gasteiger partial charge on any atom is 0.153 e. The predicted octanol–water partition coefficient (Wildman–Crippen LogP) is 2.73. The highest BCUT2D eigenvalue weighted by atomic mass is 32.1. The standard InChI is InChI=1S/C10H8O2S/c1-6-2-7-3-9(12)8(5-11)4-10(7)13-6/h2-5,12H,1H3. The van der Waals surface area contributed by atoms with E-state index in [4.69, 9.17) is 0 Å². The Hall–Kier alpha value is -1.35. The van der Waals surface area contributed by atoms with Gasteiger partial charge in [0, 0.05) is 9.58 Å². The minimum absolute atomic E-state index is 0.0558. The fourth-order valence-electron chi connectivity index (χ4n) is 1.32. The van der Waals surface area contributed by atoms with E-state index in [1.807, 2.05) is 13.0 Å². The summed E-state index contributed by atoms with van der Waals surface area (Å²) in [6.07, 6.45) is 0.670. The van der Waals surface area contributed by atoms with Gasteiger partial charge in [-0.1, -0.05) is 0 Å². The second-order valence-electron chi connectivity index (χ2n) is 2.92. The largest absolute Gasteiger partial charge is 0.507 e. The molecule has 0 aliphatic rings. The molecule has 0 spiro atoms. The third-order valence-corrected chi connectivity index (χ3v) is 2.93. The Bertz CT molecular complexity index is 471. The maximum atomic E-state index is 10.5. The van der Waals surface area contributed by atoms with Gasteiger partial charge in [0.15, 0.2) is 6.29 Å². The first-order valence-corrected chi connectivity index (χ1v) is 4.70. The van der Waals surface area contributed by atoms with Crippen molar-refractivity contribution >= 4 is 27.7 Å².